The van der Waals surface area contributed by atoms with Gasteiger partial charge in [0, 0.05) is 17.0 Å². The number of hydrogen-bond donors (Lipinski definition) is 2. The maximum Gasteiger partial charge on any atom is 0.249 e. The molecule has 176 valence electrons. The molecule has 0 unspecified atom stereocenters. The van der Waals surface area contributed by atoms with E-state index in [0.717, 1.165) is 46.5 Å². The molecule has 1 fully saturated rings. The zero-order valence-corrected chi connectivity index (χ0v) is 19.2. The van der Waals surface area contributed by atoms with Gasteiger partial charge in [-0.3, -0.25) is 4.79 Å². The highest BCUT2D eigenvalue weighted by molar-refractivity contribution is 5.95. The normalized spacial score (nSPS) is 23.4. The molecule has 7 heteroatoms. The van der Waals surface area contributed by atoms with Crippen LogP contribution in [0.2, 0.25) is 0 Å². The molecule has 1 heterocycles. The molecule has 2 aliphatic rings. The number of fused-ring (bicyclic) bond motifs is 2. The van der Waals surface area contributed by atoms with E-state index in [1.54, 1.807) is 10.9 Å². The second-order valence-corrected chi connectivity index (χ2v) is 9.75. The summed E-state index contributed by atoms with van der Waals surface area (Å²) in [6.45, 7) is 3.94. The van der Waals surface area contributed by atoms with E-state index < -0.39 is 28.6 Å². The molecule has 0 bridgehead atoms. The molecule has 1 saturated carbocycles. The maximum atomic E-state index is 13.8. The van der Waals surface area contributed by atoms with Crippen molar-refractivity contribution in [3.05, 3.63) is 87.8 Å². The first-order chi connectivity index (χ1) is 16.1. The lowest BCUT2D eigenvalue weighted by molar-refractivity contribution is -0.0461. The zero-order valence-electron chi connectivity index (χ0n) is 19.2. The number of aromatic nitrogens is 2. The van der Waals surface area contributed by atoms with Crippen LogP contribution in [0.1, 0.15) is 58.9 Å². The monoisotopic (exact) mass is 463 g/mol. The highest BCUT2D eigenvalue weighted by Gasteiger charge is 2.54. The summed E-state index contributed by atoms with van der Waals surface area (Å²) in [5.41, 5.74) is 9.74. The number of nitrogens with zero attached hydrogens (tertiary/aromatic N) is 2. The number of nitrogens with two attached hydrogens (primary N) is 1. The molecular weight excluding hydrogens is 436 g/mol. The molecule has 5 rings (SSSR count). The molecule has 0 saturated heterocycles. The van der Waals surface area contributed by atoms with Gasteiger partial charge in [-0.05, 0) is 73.9 Å². The molecule has 5 nitrogen and oxygen atoms in total. The molecule has 1 amide bonds. The molecule has 2 aromatic carbocycles. The Balaban J connectivity index is 1.45. The summed E-state index contributed by atoms with van der Waals surface area (Å²) in [5.74, 6) is -2.27. The first kappa shape index (κ1) is 22.5. The van der Waals surface area contributed by atoms with Crippen LogP contribution in [0, 0.1) is 24.0 Å². The minimum Gasteiger partial charge on any atom is -0.389 e. The molecule has 1 aromatic heterocycles. The van der Waals surface area contributed by atoms with E-state index in [0.29, 0.717) is 36.9 Å². The van der Waals surface area contributed by atoms with Gasteiger partial charge >= 0.3 is 0 Å². The van der Waals surface area contributed by atoms with Crippen molar-refractivity contribution in [1.29, 1.82) is 0 Å². The summed E-state index contributed by atoms with van der Waals surface area (Å²) in [7, 11) is 0. The Kier molecular flexibility index (Phi) is 5.20. The first-order valence-electron chi connectivity index (χ1n) is 11.5. The molecule has 2 aliphatic carbocycles. The van der Waals surface area contributed by atoms with Crippen LogP contribution in [0.4, 0.5) is 8.78 Å². The third-order valence-electron chi connectivity index (χ3n) is 7.85. The van der Waals surface area contributed by atoms with Gasteiger partial charge in [0.2, 0.25) is 5.91 Å². The van der Waals surface area contributed by atoms with Crippen molar-refractivity contribution in [2.45, 2.75) is 51.6 Å². The molecular formula is C27H27F2N3O2. The van der Waals surface area contributed by atoms with Crippen molar-refractivity contribution in [1.82, 2.24) is 9.78 Å². The maximum absolute atomic E-state index is 13.8. The fourth-order valence-electron chi connectivity index (χ4n) is 5.78. The van der Waals surface area contributed by atoms with Gasteiger partial charge in [0.05, 0.1) is 23.2 Å². The number of aryl methyl sites for hydroxylation is 2. The first-order valence-corrected chi connectivity index (χ1v) is 11.5. The average molecular weight is 464 g/mol. The van der Waals surface area contributed by atoms with Crippen LogP contribution in [0.15, 0.2) is 48.2 Å². The fourth-order valence-corrected chi connectivity index (χ4v) is 5.78. The minimum absolute atomic E-state index is 0.451. The van der Waals surface area contributed by atoms with E-state index in [-0.39, 0.29) is 0 Å². The summed E-state index contributed by atoms with van der Waals surface area (Å²) < 4.78 is 28.8. The van der Waals surface area contributed by atoms with E-state index in [9.17, 15) is 18.7 Å². The van der Waals surface area contributed by atoms with Crippen molar-refractivity contribution in [3.63, 3.8) is 0 Å². The number of carbonyl (C=O) groups excluding carboxylic acids is 1. The molecule has 0 radical (unpaired) electrons. The topological polar surface area (TPSA) is 81.1 Å². The Labute approximate surface area is 196 Å². The predicted octanol–water partition coefficient (Wildman–Crippen LogP) is 4.66. The van der Waals surface area contributed by atoms with E-state index >= 15 is 0 Å². The lowest BCUT2D eigenvalue weighted by atomic mass is 9.65. The lowest BCUT2D eigenvalue weighted by Gasteiger charge is -2.42. The van der Waals surface area contributed by atoms with Crippen LogP contribution in [0.3, 0.4) is 0 Å². The van der Waals surface area contributed by atoms with Crippen molar-refractivity contribution >= 4 is 12.0 Å². The number of benzene rings is 2. The molecule has 0 spiro atoms. The summed E-state index contributed by atoms with van der Waals surface area (Å²) in [5, 5.41) is 16.3. The SMILES string of the molecule is Cc1cccc(CC[C@]2(O)CCC3=Cc4c(cnn4-c4ccc(F)c(F)c4)C[C@@]32C)c1C(N)=O. The highest BCUT2D eigenvalue weighted by atomic mass is 19.2. The standard InChI is InChI=1S/C27H27F2N3O2/c1-16-4-3-5-17(24(16)25(30)33)8-10-27(34)11-9-19-12-23-18(14-26(19,27)2)15-31-32(23)20-6-7-21(28)22(29)13-20/h3-7,12-13,15,34H,8-11,14H2,1-2H3,(H2,30,33)/t26-,27-/m0/s1. The molecule has 3 aromatic rings. The number of aliphatic hydroxyl groups is 1. The zero-order chi connectivity index (χ0) is 24.3. The number of hydrogen-bond acceptors (Lipinski definition) is 3. The van der Waals surface area contributed by atoms with E-state index in [1.165, 1.54) is 6.07 Å². The molecule has 2 atom stereocenters. The third kappa shape index (κ3) is 3.38. The van der Waals surface area contributed by atoms with Gasteiger partial charge in [-0.1, -0.05) is 30.7 Å². The van der Waals surface area contributed by atoms with E-state index in [4.69, 9.17) is 5.73 Å². The second kappa shape index (κ2) is 7.87. The number of carbonyl (C=O) groups is 1. The van der Waals surface area contributed by atoms with Crippen LogP contribution in [0.5, 0.6) is 0 Å². The average Bonchev–Trinajstić information content (AvgIpc) is 3.30. The number of primary amides is 1. The van der Waals surface area contributed by atoms with Gasteiger partial charge in [0.1, 0.15) is 0 Å². The predicted molar refractivity (Wildman–Crippen MR) is 125 cm³/mol. The summed E-state index contributed by atoms with van der Waals surface area (Å²) >= 11 is 0. The van der Waals surface area contributed by atoms with E-state index in [1.807, 2.05) is 31.2 Å². The van der Waals surface area contributed by atoms with Gasteiger partial charge in [-0.2, -0.15) is 5.10 Å². The van der Waals surface area contributed by atoms with E-state index in [2.05, 4.69) is 12.0 Å². The van der Waals surface area contributed by atoms with Crippen LogP contribution < -0.4 is 5.73 Å². The highest BCUT2D eigenvalue weighted by Crippen LogP contribution is 2.56. The van der Waals surface area contributed by atoms with Crippen molar-refractivity contribution < 1.29 is 18.7 Å². The van der Waals surface area contributed by atoms with Crippen LogP contribution in [-0.2, 0) is 12.8 Å². The van der Waals surface area contributed by atoms with Crippen molar-refractivity contribution in [2.75, 3.05) is 0 Å². The largest absolute Gasteiger partial charge is 0.389 e. The van der Waals surface area contributed by atoms with Crippen LogP contribution >= 0.6 is 0 Å². The summed E-state index contributed by atoms with van der Waals surface area (Å²) in [6.07, 6.45) is 6.73. The van der Waals surface area contributed by atoms with Gasteiger partial charge in [-0.15, -0.1) is 0 Å². The quantitative estimate of drug-likeness (QED) is 0.577. The molecule has 34 heavy (non-hydrogen) atoms. The number of halogens is 2. The Bertz CT molecular complexity index is 1350. The van der Waals surface area contributed by atoms with Gasteiger partial charge in [-0.25, -0.2) is 13.5 Å². The molecule has 0 aliphatic heterocycles. The van der Waals surface area contributed by atoms with Crippen LogP contribution in [0.25, 0.3) is 11.8 Å². The molecule has 3 N–H and O–H groups in total. The third-order valence-corrected chi connectivity index (χ3v) is 7.85. The minimum atomic E-state index is -0.959. The van der Waals surface area contributed by atoms with Gasteiger partial charge in [0.25, 0.3) is 0 Å². The van der Waals surface area contributed by atoms with Crippen molar-refractivity contribution in [2.24, 2.45) is 11.1 Å². The smallest absolute Gasteiger partial charge is 0.249 e. The van der Waals surface area contributed by atoms with Crippen molar-refractivity contribution in [3.8, 4) is 5.69 Å². The van der Waals surface area contributed by atoms with Gasteiger partial charge in [0.15, 0.2) is 11.6 Å². The lowest BCUT2D eigenvalue weighted by Crippen LogP contribution is -2.45. The van der Waals surface area contributed by atoms with Gasteiger partial charge < -0.3 is 10.8 Å². The summed E-state index contributed by atoms with van der Waals surface area (Å²) in [6, 6.07) is 9.40. The summed E-state index contributed by atoms with van der Waals surface area (Å²) in [4.78, 5) is 12.0. The fraction of sp³-hybridized carbons (Fsp3) is 0.333. The number of amides is 1. The number of rotatable bonds is 5. The second-order valence-electron chi connectivity index (χ2n) is 9.75. The Hall–Kier alpha value is -3.32. The Morgan fingerprint density at radius 2 is 2.03 bits per heavy atom. The Morgan fingerprint density at radius 3 is 2.76 bits per heavy atom. The Morgan fingerprint density at radius 1 is 1.24 bits per heavy atom. The van der Waals surface area contributed by atoms with Crippen LogP contribution in [-0.4, -0.2) is 26.4 Å².